The van der Waals surface area contributed by atoms with Crippen LogP contribution >= 0.6 is 0 Å². The maximum atomic E-state index is 12.8. The molecule has 0 aliphatic rings. The number of esters is 3. The molecular weight excluding hydrogens is 781 g/mol. The Morgan fingerprint density at radius 1 is 0.317 bits per heavy atom. The number of unbranched alkanes of at least 4 members (excludes halogenated alkanes) is 33. The second kappa shape index (κ2) is 52.3. The highest BCUT2D eigenvalue weighted by Crippen LogP contribution is 2.16. The fourth-order valence-electron chi connectivity index (χ4n) is 7.93. The summed E-state index contributed by atoms with van der Waals surface area (Å²) in [5, 5.41) is 0. The van der Waals surface area contributed by atoms with Crippen molar-refractivity contribution in [3.05, 3.63) is 36.5 Å². The minimum absolute atomic E-state index is 0.0767. The number of carbonyl (C=O) groups is 3. The average Bonchev–Trinajstić information content (AvgIpc) is 3.28. The molecule has 0 N–H and O–H groups in total. The van der Waals surface area contributed by atoms with Gasteiger partial charge in [-0.05, 0) is 70.6 Å². The van der Waals surface area contributed by atoms with Gasteiger partial charge in [-0.2, -0.15) is 0 Å². The van der Waals surface area contributed by atoms with Gasteiger partial charge in [0.15, 0.2) is 6.10 Å². The van der Waals surface area contributed by atoms with Gasteiger partial charge in [-0.3, -0.25) is 14.4 Å². The number of carbonyl (C=O) groups excluding carboxylic acids is 3. The van der Waals surface area contributed by atoms with E-state index in [4.69, 9.17) is 14.2 Å². The third kappa shape index (κ3) is 50.5. The third-order valence-electron chi connectivity index (χ3n) is 12.1. The first-order valence-electron chi connectivity index (χ1n) is 27.5. The van der Waals surface area contributed by atoms with Gasteiger partial charge >= 0.3 is 17.9 Å². The van der Waals surface area contributed by atoms with E-state index < -0.39 is 6.10 Å². The molecule has 0 unspecified atom stereocenters. The zero-order valence-corrected chi connectivity index (χ0v) is 42.1. The Labute approximate surface area is 391 Å². The number of allylic oxidation sites excluding steroid dienone is 6. The Kier molecular flexibility index (Phi) is 50.3. The van der Waals surface area contributed by atoms with E-state index in [2.05, 4.69) is 57.2 Å². The van der Waals surface area contributed by atoms with Crippen molar-refractivity contribution in [2.45, 2.75) is 297 Å². The highest BCUT2D eigenvalue weighted by atomic mass is 16.6. The standard InChI is InChI=1S/C57H104O6/c1-4-7-10-13-16-19-22-25-28-30-32-35-38-41-44-47-50-56(59)62-53-54(52-61-55(58)49-46-43-40-37-34-31-27-24-21-18-15-12-9-6-3)63-57(60)51-48-45-42-39-36-33-29-26-23-20-17-14-11-8-5-2/h15,18,24,26-27,29,54H,4-14,16-17,19-23,25,28,30-53H2,1-3H3/b18-15-,27-24-,29-26-/t54-/m1/s1. The van der Waals surface area contributed by atoms with E-state index in [1.54, 1.807) is 0 Å². The predicted molar refractivity (Wildman–Crippen MR) is 270 cm³/mol. The average molecular weight is 885 g/mol. The minimum Gasteiger partial charge on any atom is -0.462 e. The van der Waals surface area contributed by atoms with Gasteiger partial charge in [-0.25, -0.2) is 0 Å². The van der Waals surface area contributed by atoms with Crippen molar-refractivity contribution in [2.24, 2.45) is 0 Å². The summed E-state index contributed by atoms with van der Waals surface area (Å²) < 4.78 is 16.8. The van der Waals surface area contributed by atoms with Crippen LogP contribution in [0.3, 0.4) is 0 Å². The zero-order chi connectivity index (χ0) is 45.8. The molecule has 1 atom stereocenters. The molecule has 0 radical (unpaired) electrons. The maximum Gasteiger partial charge on any atom is 0.306 e. The van der Waals surface area contributed by atoms with Crippen molar-refractivity contribution in [3.63, 3.8) is 0 Å². The molecule has 0 bridgehead atoms. The Hall–Kier alpha value is -2.37. The molecule has 0 aliphatic heterocycles. The van der Waals surface area contributed by atoms with Crippen molar-refractivity contribution >= 4 is 17.9 Å². The lowest BCUT2D eigenvalue weighted by molar-refractivity contribution is -0.167. The van der Waals surface area contributed by atoms with Crippen LogP contribution < -0.4 is 0 Å². The van der Waals surface area contributed by atoms with Crippen LogP contribution in [0.4, 0.5) is 0 Å². The third-order valence-corrected chi connectivity index (χ3v) is 12.1. The van der Waals surface area contributed by atoms with Crippen molar-refractivity contribution < 1.29 is 28.6 Å². The van der Waals surface area contributed by atoms with Crippen LogP contribution in [-0.2, 0) is 28.6 Å². The molecule has 368 valence electrons. The van der Waals surface area contributed by atoms with Gasteiger partial charge < -0.3 is 14.2 Å². The van der Waals surface area contributed by atoms with Gasteiger partial charge in [0.25, 0.3) is 0 Å². The van der Waals surface area contributed by atoms with Crippen LogP contribution in [0.15, 0.2) is 36.5 Å². The lowest BCUT2D eigenvalue weighted by Gasteiger charge is -2.18. The summed E-state index contributed by atoms with van der Waals surface area (Å²) in [6.45, 7) is 6.61. The highest BCUT2D eigenvalue weighted by Gasteiger charge is 2.19. The predicted octanol–water partition coefficient (Wildman–Crippen LogP) is 18.1. The molecule has 0 aromatic carbocycles. The summed E-state index contributed by atoms with van der Waals surface area (Å²) in [5.41, 5.74) is 0. The second-order valence-electron chi connectivity index (χ2n) is 18.5. The molecule has 0 aliphatic carbocycles. The minimum atomic E-state index is -0.779. The van der Waals surface area contributed by atoms with Crippen molar-refractivity contribution in [2.75, 3.05) is 13.2 Å². The molecular formula is C57H104O6. The van der Waals surface area contributed by atoms with Crippen molar-refractivity contribution in [3.8, 4) is 0 Å². The van der Waals surface area contributed by atoms with Gasteiger partial charge in [-0.1, -0.05) is 237 Å². The number of ether oxygens (including phenoxy) is 3. The number of hydrogen-bond acceptors (Lipinski definition) is 6. The quantitative estimate of drug-likeness (QED) is 0.0262. The Balaban J connectivity index is 4.37. The topological polar surface area (TPSA) is 78.9 Å². The molecule has 0 heterocycles. The normalized spacial score (nSPS) is 12.2. The summed E-state index contributed by atoms with van der Waals surface area (Å²) >= 11 is 0. The Morgan fingerprint density at radius 3 is 0.937 bits per heavy atom. The van der Waals surface area contributed by atoms with E-state index in [0.717, 1.165) is 83.5 Å². The molecule has 6 nitrogen and oxygen atoms in total. The first kappa shape index (κ1) is 60.6. The fourth-order valence-corrected chi connectivity index (χ4v) is 7.93. The lowest BCUT2D eigenvalue weighted by atomic mass is 10.0. The molecule has 0 spiro atoms. The molecule has 0 amide bonds. The summed E-state index contributed by atoms with van der Waals surface area (Å²) in [6, 6.07) is 0. The summed E-state index contributed by atoms with van der Waals surface area (Å²) in [5.74, 6) is -0.886. The maximum absolute atomic E-state index is 12.8. The summed E-state index contributed by atoms with van der Waals surface area (Å²) in [6.07, 6.45) is 61.2. The lowest BCUT2D eigenvalue weighted by Crippen LogP contribution is -2.30. The van der Waals surface area contributed by atoms with Gasteiger partial charge in [0.1, 0.15) is 13.2 Å². The van der Waals surface area contributed by atoms with Gasteiger partial charge in [0.05, 0.1) is 0 Å². The largest absolute Gasteiger partial charge is 0.462 e. The van der Waals surface area contributed by atoms with Crippen molar-refractivity contribution in [1.29, 1.82) is 0 Å². The molecule has 0 saturated heterocycles. The monoisotopic (exact) mass is 885 g/mol. The molecule has 0 saturated carbocycles. The molecule has 6 heteroatoms. The molecule has 0 rings (SSSR count). The van der Waals surface area contributed by atoms with Crippen LogP contribution in [-0.4, -0.2) is 37.2 Å². The second-order valence-corrected chi connectivity index (χ2v) is 18.5. The van der Waals surface area contributed by atoms with E-state index >= 15 is 0 Å². The van der Waals surface area contributed by atoms with E-state index in [9.17, 15) is 14.4 Å². The first-order chi connectivity index (χ1) is 31.0. The SMILES string of the molecule is CCCC/C=C\C/C=C\CCCCCCCC(=O)OC[C@H](COC(=O)CCCCCCCCCCCCCCCCCC)OC(=O)CCCCCCC/C=C\CCCCCCCC. The van der Waals surface area contributed by atoms with E-state index in [1.165, 1.54) is 167 Å². The number of rotatable bonds is 50. The van der Waals surface area contributed by atoms with Crippen LogP contribution in [0.25, 0.3) is 0 Å². The van der Waals surface area contributed by atoms with Crippen LogP contribution in [0.2, 0.25) is 0 Å². The van der Waals surface area contributed by atoms with Gasteiger partial charge in [0, 0.05) is 19.3 Å². The van der Waals surface area contributed by atoms with Crippen molar-refractivity contribution in [1.82, 2.24) is 0 Å². The summed E-state index contributed by atoms with van der Waals surface area (Å²) in [7, 11) is 0. The fraction of sp³-hybridized carbons (Fsp3) is 0.842. The van der Waals surface area contributed by atoms with Crippen LogP contribution in [0.1, 0.15) is 290 Å². The highest BCUT2D eigenvalue weighted by molar-refractivity contribution is 5.71. The molecule has 0 aromatic rings. The van der Waals surface area contributed by atoms with E-state index in [1.807, 2.05) is 0 Å². The Morgan fingerprint density at radius 2 is 0.587 bits per heavy atom. The smallest absolute Gasteiger partial charge is 0.306 e. The van der Waals surface area contributed by atoms with Crippen LogP contribution in [0.5, 0.6) is 0 Å². The number of hydrogen-bond donors (Lipinski definition) is 0. The first-order valence-corrected chi connectivity index (χ1v) is 27.5. The molecule has 0 fully saturated rings. The van der Waals surface area contributed by atoms with E-state index in [0.29, 0.717) is 19.3 Å². The van der Waals surface area contributed by atoms with Gasteiger partial charge in [-0.15, -0.1) is 0 Å². The van der Waals surface area contributed by atoms with Crippen LogP contribution in [0, 0.1) is 0 Å². The van der Waals surface area contributed by atoms with Gasteiger partial charge in [0.2, 0.25) is 0 Å². The molecule has 0 aromatic heterocycles. The zero-order valence-electron chi connectivity index (χ0n) is 42.1. The van der Waals surface area contributed by atoms with E-state index in [-0.39, 0.29) is 31.1 Å². The summed E-state index contributed by atoms with van der Waals surface area (Å²) in [4.78, 5) is 38.0. The Bertz CT molecular complexity index is 1060. The molecule has 63 heavy (non-hydrogen) atoms.